The van der Waals surface area contributed by atoms with Crippen molar-refractivity contribution >= 4 is 11.8 Å². The standard InChI is InChI=1S/C17H24FNOS/c1-4-17(13-21-3)19(2)12-15-8-9-16(18)11-14(15)7-5-6-10-20/h8-9,11,17,20H,4,6,10,12-13H2,1-3H3. The second kappa shape index (κ2) is 9.83. The number of hydrogen-bond acceptors (Lipinski definition) is 3. The second-order valence-corrected chi connectivity index (χ2v) is 5.92. The maximum Gasteiger partial charge on any atom is 0.124 e. The third kappa shape index (κ3) is 6.09. The van der Waals surface area contributed by atoms with Gasteiger partial charge in [0.25, 0.3) is 0 Å². The summed E-state index contributed by atoms with van der Waals surface area (Å²) in [6, 6.07) is 5.27. The second-order valence-electron chi connectivity index (χ2n) is 5.01. The molecular formula is C17H24FNOS. The first-order valence-electron chi connectivity index (χ1n) is 7.19. The van der Waals surface area contributed by atoms with Crippen LogP contribution in [0.25, 0.3) is 0 Å². The van der Waals surface area contributed by atoms with Crippen molar-refractivity contribution in [2.24, 2.45) is 0 Å². The van der Waals surface area contributed by atoms with Crippen molar-refractivity contribution in [2.45, 2.75) is 32.4 Å². The zero-order valence-electron chi connectivity index (χ0n) is 13.0. The largest absolute Gasteiger partial charge is 0.395 e. The molecule has 1 N–H and O–H groups in total. The molecular weight excluding hydrogens is 285 g/mol. The van der Waals surface area contributed by atoms with E-state index in [0.29, 0.717) is 18.0 Å². The normalized spacial score (nSPS) is 12.1. The Kier molecular flexibility index (Phi) is 8.44. The number of hydrogen-bond donors (Lipinski definition) is 1. The van der Waals surface area contributed by atoms with Crippen LogP contribution in [0.15, 0.2) is 18.2 Å². The van der Waals surface area contributed by atoms with Crippen LogP contribution in [0, 0.1) is 17.7 Å². The van der Waals surface area contributed by atoms with Crippen LogP contribution in [0.5, 0.6) is 0 Å². The number of aliphatic hydroxyl groups excluding tert-OH is 1. The van der Waals surface area contributed by atoms with Crippen LogP contribution in [-0.4, -0.2) is 41.7 Å². The summed E-state index contributed by atoms with van der Waals surface area (Å²) in [5.74, 6) is 6.65. The molecule has 0 saturated carbocycles. The Bertz CT molecular complexity index is 495. The molecule has 116 valence electrons. The average Bonchev–Trinajstić information content (AvgIpc) is 2.47. The molecule has 0 spiro atoms. The highest BCUT2D eigenvalue weighted by Crippen LogP contribution is 2.16. The van der Waals surface area contributed by atoms with Gasteiger partial charge in [0, 0.05) is 30.3 Å². The first-order valence-corrected chi connectivity index (χ1v) is 8.59. The minimum atomic E-state index is -0.272. The van der Waals surface area contributed by atoms with Gasteiger partial charge in [0.1, 0.15) is 5.82 Å². The molecule has 0 amide bonds. The molecule has 1 atom stereocenters. The number of rotatable bonds is 7. The van der Waals surface area contributed by atoms with Crippen LogP contribution < -0.4 is 0 Å². The molecule has 0 aliphatic heterocycles. The average molecular weight is 309 g/mol. The first-order chi connectivity index (χ1) is 10.1. The molecule has 1 rings (SSSR count). The fourth-order valence-electron chi connectivity index (χ4n) is 2.16. The fourth-order valence-corrected chi connectivity index (χ4v) is 3.04. The van der Waals surface area contributed by atoms with E-state index in [2.05, 4.69) is 37.0 Å². The molecule has 0 saturated heterocycles. The van der Waals surface area contributed by atoms with Gasteiger partial charge < -0.3 is 5.11 Å². The molecule has 0 fully saturated rings. The Hall–Kier alpha value is -1.02. The van der Waals surface area contributed by atoms with E-state index >= 15 is 0 Å². The van der Waals surface area contributed by atoms with Crippen molar-refractivity contribution in [2.75, 3.05) is 25.7 Å². The van der Waals surface area contributed by atoms with Crippen LogP contribution in [0.1, 0.15) is 30.9 Å². The lowest BCUT2D eigenvalue weighted by atomic mass is 10.1. The highest BCUT2D eigenvalue weighted by Gasteiger charge is 2.14. The molecule has 1 aromatic rings. The topological polar surface area (TPSA) is 23.5 Å². The summed E-state index contributed by atoms with van der Waals surface area (Å²) in [4.78, 5) is 2.29. The molecule has 0 bridgehead atoms. The van der Waals surface area contributed by atoms with Crippen molar-refractivity contribution in [1.29, 1.82) is 0 Å². The number of thioether (sulfide) groups is 1. The van der Waals surface area contributed by atoms with Gasteiger partial charge in [0.15, 0.2) is 0 Å². The van der Waals surface area contributed by atoms with Gasteiger partial charge in [0.2, 0.25) is 0 Å². The zero-order valence-corrected chi connectivity index (χ0v) is 13.8. The highest BCUT2D eigenvalue weighted by molar-refractivity contribution is 7.98. The molecule has 0 aliphatic carbocycles. The van der Waals surface area contributed by atoms with Gasteiger partial charge in [-0.25, -0.2) is 4.39 Å². The molecule has 4 heteroatoms. The molecule has 0 heterocycles. The predicted octanol–water partition coefficient (Wildman–Crippen LogP) is 3.13. The van der Waals surface area contributed by atoms with Crippen molar-refractivity contribution in [3.8, 4) is 11.8 Å². The summed E-state index contributed by atoms with van der Waals surface area (Å²) in [6.07, 6.45) is 3.61. The molecule has 1 aromatic carbocycles. The molecule has 0 aliphatic rings. The lowest BCUT2D eigenvalue weighted by molar-refractivity contribution is 0.247. The van der Waals surface area contributed by atoms with E-state index in [4.69, 9.17) is 5.11 Å². The van der Waals surface area contributed by atoms with Crippen LogP contribution >= 0.6 is 11.8 Å². The summed E-state index contributed by atoms with van der Waals surface area (Å²) < 4.78 is 13.4. The molecule has 1 unspecified atom stereocenters. The summed E-state index contributed by atoms with van der Waals surface area (Å²) in [7, 11) is 2.10. The van der Waals surface area contributed by atoms with Gasteiger partial charge in [-0.1, -0.05) is 24.8 Å². The van der Waals surface area contributed by atoms with Gasteiger partial charge in [0.05, 0.1) is 6.61 Å². The van der Waals surface area contributed by atoms with E-state index in [9.17, 15) is 4.39 Å². The van der Waals surface area contributed by atoms with Crippen molar-refractivity contribution in [1.82, 2.24) is 4.90 Å². The van der Waals surface area contributed by atoms with Gasteiger partial charge >= 0.3 is 0 Å². The van der Waals surface area contributed by atoms with E-state index in [1.165, 1.54) is 12.1 Å². The van der Waals surface area contributed by atoms with Crippen LogP contribution in [0.4, 0.5) is 4.39 Å². The van der Waals surface area contributed by atoms with Crippen LogP contribution in [0.2, 0.25) is 0 Å². The van der Waals surface area contributed by atoms with Crippen molar-refractivity contribution in [3.63, 3.8) is 0 Å². The van der Waals surface area contributed by atoms with E-state index in [-0.39, 0.29) is 12.4 Å². The molecule has 21 heavy (non-hydrogen) atoms. The van der Waals surface area contributed by atoms with Crippen LogP contribution in [0.3, 0.4) is 0 Å². The van der Waals surface area contributed by atoms with Crippen molar-refractivity contribution < 1.29 is 9.50 Å². The monoisotopic (exact) mass is 309 g/mol. The predicted molar refractivity (Wildman–Crippen MR) is 88.9 cm³/mol. The van der Waals surface area contributed by atoms with Gasteiger partial charge in [-0.15, -0.1) is 0 Å². The maximum atomic E-state index is 13.4. The van der Waals surface area contributed by atoms with E-state index in [1.54, 1.807) is 6.07 Å². The van der Waals surface area contributed by atoms with E-state index < -0.39 is 0 Å². The Morgan fingerprint density at radius 2 is 2.19 bits per heavy atom. The number of nitrogens with zero attached hydrogens (tertiary/aromatic N) is 1. The Labute approximate surface area is 131 Å². The van der Waals surface area contributed by atoms with Gasteiger partial charge in [-0.3, -0.25) is 4.90 Å². The first kappa shape index (κ1) is 18.0. The lowest BCUT2D eigenvalue weighted by Crippen LogP contribution is -2.32. The fraction of sp³-hybridized carbons (Fsp3) is 0.529. The summed E-state index contributed by atoms with van der Waals surface area (Å²) in [6.45, 7) is 2.97. The third-order valence-corrected chi connectivity index (χ3v) is 4.12. The SMILES string of the molecule is CCC(CSC)N(C)Cc1ccc(F)cc1C#CCCO. The molecule has 2 nitrogen and oxygen atoms in total. The number of halogens is 1. The Morgan fingerprint density at radius 3 is 2.81 bits per heavy atom. The minimum absolute atomic E-state index is 0.0309. The lowest BCUT2D eigenvalue weighted by Gasteiger charge is -2.27. The van der Waals surface area contributed by atoms with Crippen LogP contribution in [-0.2, 0) is 6.54 Å². The molecule has 0 aromatic heterocycles. The smallest absolute Gasteiger partial charge is 0.124 e. The quantitative estimate of drug-likeness (QED) is 0.783. The maximum absolute atomic E-state index is 13.4. The summed E-state index contributed by atoms with van der Waals surface area (Å²) in [5, 5.41) is 8.79. The minimum Gasteiger partial charge on any atom is -0.395 e. The zero-order chi connectivity index (χ0) is 15.7. The third-order valence-electron chi connectivity index (χ3n) is 3.41. The number of aliphatic hydroxyl groups is 1. The van der Waals surface area contributed by atoms with Crippen molar-refractivity contribution in [3.05, 3.63) is 35.1 Å². The Morgan fingerprint density at radius 1 is 1.43 bits per heavy atom. The van der Waals surface area contributed by atoms with Gasteiger partial charge in [-0.2, -0.15) is 11.8 Å². The molecule has 0 radical (unpaired) electrons. The summed E-state index contributed by atoms with van der Waals surface area (Å²) >= 11 is 1.84. The Balaban J connectivity index is 2.89. The van der Waals surface area contributed by atoms with E-state index in [0.717, 1.165) is 24.3 Å². The highest BCUT2D eigenvalue weighted by atomic mass is 32.2. The van der Waals surface area contributed by atoms with E-state index in [1.807, 2.05) is 11.8 Å². The van der Waals surface area contributed by atoms with Gasteiger partial charge in [-0.05, 0) is 37.4 Å². The number of benzene rings is 1. The summed E-state index contributed by atoms with van der Waals surface area (Å²) in [5.41, 5.74) is 1.75.